The van der Waals surface area contributed by atoms with Crippen LogP contribution in [0.1, 0.15) is 19.4 Å². The summed E-state index contributed by atoms with van der Waals surface area (Å²) < 4.78 is 12.4. The summed E-state index contributed by atoms with van der Waals surface area (Å²) in [4.78, 5) is 25.4. The van der Waals surface area contributed by atoms with Gasteiger partial charge < -0.3 is 14.8 Å². The third kappa shape index (κ3) is 5.89. The van der Waals surface area contributed by atoms with E-state index in [1.54, 1.807) is 12.1 Å². The van der Waals surface area contributed by atoms with Gasteiger partial charge in [0.2, 0.25) is 0 Å². The summed E-state index contributed by atoms with van der Waals surface area (Å²) in [5, 5.41) is 8.63. The number of carbonyl (C=O) groups is 2. The van der Waals surface area contributed by atoms with Crippen LogP contribution in [-0.2, 0) is 9.59 Å². The maximum Gasteiger partial charge on any atom is 0.280 e. The van der Waals surface area contributed by atoms with Crippen LogP contribution in [0.3, 0.4) is 0 Å². The molecular weight excluding hydrogens is 557 g/mol. The van der Waals surface area contributed by atoms with Crippen LogP contribution in [0, 0.1) is 3.57 Å². The second-order valence-electron chi connectivity index (χ2n) is 7.66. The third-order valence-electron chi connectivity index (χ3n) is 5.11. The minimum absolute atomic E-state index is 0.165. The summed E-state index contributed by atoms with van der Waals surface area (Å²) in [6, 6.07) is 22.2. The monoisotopic (exact) mass is 581 g/mol. The number of ether oxygens (including phenoxy) is 2. The molecule has 35 heavy (non-hydrogen) atoms. The first-order valence-electron chi connectivity index (χ1n) is 11.1. The molecule has 4 rings (SSSR count). The van der Waals surface area contributed by atoms with Crippen molar-refractivity contribution in [3.8, 4) is 11.5 Å². The van der Waals surface area contributed by atoms with Crippen molar-refractivity contribution in [1.29, 1.82) is 0 Å². The molecule has 178 valence electrons. The first-order chi connectivity index (χ1) is 17.0. The average molecular weight is 581 g/mol. The highest BCUT2D eigenvalue weighted by molar-refractivity contribution is 14.1. The van der Waals surface area contributed by atoms with Gasteiger partial charge in [-0.2, -0.15) is 10.1 Å². The number of hydrogen-bond donors (Lipinski definition) is 1. The van der Waals surface area contributed by atoms with Crippen molar-refractivity contribution in [3.05, 3.63) is 87.5 Å². The van der Waals surface area contributed by atoms with Crippen LogP contribution < -0.4 is 19.8 Å². The number of hydrazone groups is 1. The Morgan fingerprint density at radius 1 is 1.06 bits per heavy atom. The molecule has 1 aliphatic rings. The van der Waals surface area contributed by atoms with Gasteiger partial charge >= 0.3 is 0 Å². The molecule has 2 amide bonds. The van der Waals surface area contributed by atoms with E-state index in [1.807, 2.05) is 80.6 Å². The number of nitrogens with zero attached hydrogens (tertiary/aromatic N) is 2. The quantitative estimate of drug-likeness (QED) is 0.281. The van der Waals surface area contributed by atoms with Crippen LogP contribution in [0.2, 0.25) is 0 Å². The molecule has 0 saturated heterocycles. The summed E-state index contributed by atoms with van der Waals surface area (Å²) in [5.41, 5.74) is 3.31. The predicted octanol–water partition coefficient (Wildman–Crippen LogP) is 5.51. The van der Waals surface area contributed by atoms with Gasteiger partial charge in [-0.25, -0.2) is 0 Å². The second-order valence-corrected chi connectivity index (χ2v) is 8.82. The van der Waals surface area contributed by atoms with Gasteiger partial charge in [-0.1, -0.05) is 36.4 Å². The Hall–Kier alpha value is -3.66. The van der Waals surface area contributed by atoms with Gasteiger partial charge in [-0.3, -0.25) is 9.59 Å². The molecule has 0 radical (unpaired) electrons. The van der Waals surface area contributed by atoms with Crippen molar-refractivity contribution in [2.24, 2.45) is 5.10 Å². The average Bonchev–Trinajstić information content (AvgIpc) is 3.13. The lowest BCUT2D eigenvalue weighted by Crippen LogP contribution is -2.21. The minimum Gasteiger partial charge on any atom is -0.490 e. The highest BCUT2D eigenvalue weighted by Crippen LogP contribution is 2.35. The Kier molecular flexibility index (Phi) is 7.81. The number of rotatable bonds is 8. The minimum atomic E-state index is -0.273. The second kappa shape index (κ2) is 11.2. The van der Waals surface area contributed by atoms with Crippen molar-refractivity contribution >= 4 is 57.6 Å². The molecule has 0 saturated carbocycles. The summed E-state index contributed by atoms with van der Waals surface area (Å²) in [6.07, 6.45) is 1.79. The molecule has 0 spiro atoms. The van der Waals surface area contributed by atoms with Crippen LogP contribution in [-0.4, -0.2) is 30.7 Å². The molecule has 0 bridgehead atoms. The molecule has 1 aliphatic heterocycles. The van der Waals surface area contributed by atoms with E-state index in [0.717, 1.165) is 9.13 Å². The molecule has 0 aromatic heterocycles. The van der Waals surface area contributed by atoms with Crippen LogP contribution in [0.5, 0.6) is 11.5 Å². The zero-order valence-electron chi connectivity index (χ0n) is 19.3. The zero-order valence-corrected chi connectivity index (χ0v) is 21.5. The van der Waals surface area contributed by atoms with Crippen LogP contribution in [0.4, 0.5) is 11.4 Å². The lowest BCUT2D eigenvalue weighted by molar-refractivity contribution is -0.118. The predicted molar refractivity (Wildman–Crippen MR) is 146 cm³/mol. The molecule has 8 heteroatoms. The van der Waals surface area contributed by atoms with Gasteiger partial charge in [0.25, 0.3) is 11.8 Å². The number of carbonyl (C=O) groups excluding carboxylic acids is 2. The van der Waals surface area contributed by atoms with Gasteiger partial charge in [0.05, 0.1) is 27.1 Å². The van der Waals surface area contributed by atoms with E-state index in [-0.39, 0.29) is 18.4 Å². The Labute approximate surface area is 217 Å². The highest BCUT2D eigenvalue weighted by Gasteiger charge is 2.28. The summed E-state index contributed by atoms with van der Waals surface area (Å²) in [5.74, 6) is 0.509. The summed E-state index contributed by atoms with van der Waals surface area (Å²) in [7, 11) is 0. The van der Waals surface area contributed by atoms with Crippen LogP contribution in [0.25, 0.3) is 6.08 Å². The fourth-order valence-corrected chi connectivity index (χ4v) is 4.31. The van der Waals surface area contributed by atoms with Crippen molar-refractivity contribution < 1.29 is 19.1 Å². The number of hydrogen-bond acceptors (Lipinski definition) is 5. The van der Waals surface area contributed by atoms with Gasteiger partial charge in [0, 0.05) is 5.69 Å². The fourth-order valence-electron chi connectivity index (χ4n) is 3.53. The fraction of sp³-hybridized carbons (Fsp3) is 0.148. The van der Waals surface area contributed by atoms with Gasteiger partial charge in [0.1, 0.15) is 0 Å². The summed E-state index contributed by atoms with van der Waals surface area (Å²) >= 11 is 2.14. The molecule has 3 aromatic carbocycles. The van der Waals surface area contributed by atoms with E-state index in [0.29, 0.717) is 40.8 Å². The number of anilines is 2. The Bertz CT molecular complexity index is 1290. The molecule has 0 unspecified atom stereocenters. The molecule has 0 atom stereocenters. The topological polar surface area (TPSA) is 80.2 Å². The Morgan fingerprint density at radius 3 is 2.43 bits per heavy atom. The maximum atomic E-state index is 13.1. The lowest BCUT2D eigenvalue weighted by Gasteiger charge is -2.15. The number of benzene rings is 3. The van der Waals surface area contributed by atoms with Gasteiger partial charge in [-0.05, 0) is 84.5 Å². The van der Waals surface area contributed by atoms with Gasteiger partial charge in [0.15, 0.2) is 18.1 Å². The van der Waals surface area contributed by atoms with E-state index in [9.17, 15) is 9.59 Å². The first kappa shape index (κ1) is 24.5. The van der Waals surface area contributed by atoms with E-state index < -0.39 is 0 Å². The lowest BCUT2D eigenvalue weighted by atomic mass is 10.1. The van der Waals surface area contributed by atoms with Crippen molar-refractivity contribution in [3.63, 3.8) is 0 Å². The molecule has 1 N–H and O–H groups in total. The van der Waals surface area contributed by atoms with E-state index in [2.05, 4.69) is 33.0 Å². The Balaban J connectivity index is 1.54. The number of para-hydroxylation sites is 2. The number of halogens is 1. The summed E-state index contributed by atoms with van der Waals surface area (Å²) in [6.45, 7) is 3.94. The van der Waals surface area contributed by atoms with Crippen LogP contribution >= 0.6 is 22.6 Å². The molecule has 7 nitrogen and oxygen atoms in total. The molecule has 0 fully saturated rings. The van der Waals surface area contributed by atoms with Gasteiger partial charge in [-0.15, -0.1) is 0 Å². The highest BCUT2D eigenvalue weighted by atomic mass is 127. The zero-order chi connectivity index (χ0) is 24.8. The van der Waals surface area contributed by atoms with Crippen molar-refractivity contribution in [2.45, 2.75) is 13.8 Å². The third-order valence-corrected chi connectivity index (χ3v) is 5.91. The molecule has 3 aromatic rings. The first-order valence-corrected chi connectivity index (χ1v) is 12.1. The molecular formula is C27H24IN3O4. The van der Waals surface area contributed by atoms with E-state index in [1.165, 1.54) is 5.01 Å². The van der Waals surface area contributed by atoms with Crippen molar-refractivity contribution in [1.82, 2.24) is 0 Å². The molecule has 0 aliphatic carbocycles. The largest absolute Gasteiger partial charge is 0.490 e. The van der Waals surface area contributed by atoms with E-state index in [4.69, 9.17) is 9.47 Å². The van der Waals surface area contributed by atoms with Crippen molar-refractivity contribution in [2.75, 3.05) is 23.5 Å². The van der Waals surface area contributed by atoms with Crippen LogP contribution in [0.15, 0.2) is 83.5 Å². The maximum absolute atomic E-state index is 13.1. The number of amides is 2. The number of nitrogens with one attached hydrogen (secondary N) is 1. The van der Waals surface area contributed by atoms with E-state index >= 15 is 0 Å². The Morgan fingerprint density at radius 2 is 1.74 bits per heavy atom. The molecule has 1 heterocycles. The standard InChI is InChI=1S/C27H24IN3O4/c1-3-34-24-16-19(14-22-18(2)30-31(27(22)33)21-12-8-5-9-13-21)15-23(28)26(24)35-17-25(32)29-20-10-6-4-7-11-20/h4-16H,3,17H2,1-2H3,(H,29,32)/b22-14+. The SMILES string of the molecule is CCOc1cc(/C=C2/C(=O)N(c3ccccc3)N=C2C)cc(I)c1OCC(=O)Nc1ccccc1. The normalized spacial score (nSPS) is 14.1. The smallest absolute Gasteiger partial charge is 0.280 e.